The van der Waals surface area contributed by atoms with Crippen molar-refractivity contribution >= 4 is 113 Å². The smallest absolute Gasteiger partial charge is 0.381 e. The third kappa shape index (κ3) is 20.0. The van der Waals surface area contributed by atoms with Crippen LogP contribution in [0.5, 0.6) is 0 Å². The molecule has 0 radical (unpaired) electrons. The number of nitrogens with one attached hydrogen (secondary N) is 1. The van der Waals surface area contributed by atoms with E-state index in [-0.39, 0.29) is 29.8 Å². The number of ether oxygens (including phenoxy) is 1. The molecule has 530 valence electrons. The van der Waals surface area contributed by atoms with Crippen molar-refractivity contribution in [2.45, 2.75) is 216 Å². The predicted octanol–water partition coefficient (Wildman–Crippen LogP) is 22.0. The molecule has 6 aromatic carbocycles. The summed E-state index contributed by atoms with van der Waals surface area (Å²) < 4.78 is 6.92. The average molecular weight is 1700 g/mol. The zero-order chi connectivity index (χ0) is 70.1. The van der Waals surface area contributed by atoms with Crippen LogP contribution >= 0.6 is 79.4 Å². The van der Waals surface area contributed by atoms with Crippen LogP contribution in [-0.2, 0) is 10.2 Å². The maximum Gasteiger partial charge on any atom is 1.00 e. The molecule has 13 heteroatoms. The van der Waals surface area contributed by atoms with E-state index in [1.807, 2.05) is 18.5 Å². The predicted molar refractivity (Wildman–Crippen MR) is 445 cm³/mol. The molecule has 2 aromatic heterocycles. The molecular weight excluding hydrogens is 1590 g/mol. The van der Waals surface area contributed by atoms with Crippen molar-refractivity contribution in [3.63, 3.8) is 0 Å². The average Bonchev–Trinajstić information content (AvgIpc) is 1.28. The summed E-state index contributed by atoms with van der Waals surface area (Å²) in [6.45, 7) is 20.6. The van der Waals surface area contributed by atoms with E-state index >= 15 is 0 Å². The number of hydrogen-bond acceptors (Lipinski definition) is 8. The van der Waals surface area contributed by atoms with Crippen LogP contribution in [0.1, 0.15) is 187 Å². The summed E-state index contributed by atoms with van der Waals surface area (Å²) in [4.78, 5) is 22.3. The SMILES string of the molecule is C1CCOC1.Cc1ccc(N(c2ccc(C)cc2)C23CC4CC(CC(I)(C4)C2)C3)cc1.Cc1ccc(N(c2ccc(C)cc2)C23CC4CC(CC(c5ncccn5)(C4)C2)C3)cc1.Cc1ccc(Nc2ccc(C)cc2)cc1.Clc1ncccn1.IC12CC3CC(C1)CC(I)(C3)C2.[CH2-]CCC.[Li+]. The Kier molecular flexibility index (Phi) is 26.8. The first-order valence-electron chi connectivity index (χ1n) is 37.5. The molecule has 12 aliphatic carbocycles. The van der Waals surface area contributed by atoms with Crippen LogP contribution in [0.3, 0.4) is 0 Å². The molecule has 8 aromatic rings. The maximum atomic E-state index is 5.32. The number of unbranched alkanes of at least 4 members (excludes halogenated alkanes) is 1. The summed E-state index contributed by atoms with van der Waals surface area (Å²) in [5.41, 5.74) is 16.1. The fourth-order valence-electron chi connectivity index (χ4n) is 20.1. The second-order valence-electron chi connectivity index (χ2n) is 32.2. The summed E-state index contributed by atoms with van der Waals surface area (Å²) in [5.74, 6) is 6.66. The first kappa shape index (κ1) is 78.0. The number of benzene rings is 6. The van der Waals surface area contributed by atoms with Gasteiger partial charge in [-0.15, -0.1) is 0 Å². The van der Waals surface area contributed by atoms with E-state index in [0.717, 1.165) is 85.6 Å². The fourth-order valence-corrected chi connectivity index (χ4v) is 26.9. The molecule has 0 amide bonds. The normalized spacial score (nSPS) is 29.5. The molecule has 4 unspecified atom stereocenters. The fraction of sp³-hybridized carbons (Fsp3) is 0.489. The molecule has 1 aliphatic heterocycles. The van der Waals surface area contributed by atoms with Gasteiger partial charge in [-0.1, -0.05) is 187 Å². The van der Waals surface area contributed by atoms with Gasteiger partial charge in [0.1, 0.15) is 5.82 Å². The van der Waals surface area contributed by atoms with Gasteiger partial charge < -0.3 is 26.8 Å². The van der Waals surface area contributed by atoms with Crippen molar-refractivity contribution in [1.29, 1.82) is 0 Å². The Morgan fingerprint density at radius 2 is 0.713 bits per heavy atom. The van der Waals surface area contributed by atoms with Gasteiger partial charge in [0.2, 0.25) is 5.28 Å². The van der Waals surface area contributed by atoms with E-state index in [9.17, 15) is 0 Å². The van der Waals surface area contributed by atoms with Crippen molar-refractivity contribution in [3.8, 4) is 0 Å². The standard InChI is InChI=1S/C28H31N3.C24H28IN.C14H15N.C10H14I2.C4H3ClN2.C4H8O.C4H9.Li/c1-20-4-8-24(9-5-20)31(25-10-6-21(2)7-11-25)28-17-22-14-23(18-28)16-27(15-22,19-28)26-29-12-3-13-30-26;1-17-3-7-21(8-4-17)26(22-9-5-18(2)6-10-22)24-14-19-11-20(15-24)13-23(25,12-19)16-24;1-11-3-7-13(8-4-11)15-14-9-5-12(2)6-10-14;11-9-2-7-1-8(4-9)5-10(12,3-7)6-9;5-4-6-2-1-3-7-4;1-2-4-5-3-1;1-3-4-2;/h3-13,22-23H,14-19H2,1-2H3;3-10,19-20H,11-16H2,1-2H3;3-10,15H,1-2H3;7-8H,1-6H2;1-3H;1-4H2;1,3-4H2,2H3;/q;;;;;;-1;+1. The first-order chi connectivity index (χ1) is 48.1. The number of rotatable bonds is 10. The summed E-state index contributed by atoms with van der Waals surface area (Å²) in [7, 11) is 0. The monoisotopic (exact) mass is 1700 g/mol. The number of alkyl halides is 3. The minimum absolute atomic E-state index is 0. The van der Waals surface area contributed by atoms with Gasteiger partial charge in [0, 0.05) is 98.9 Å². The van der Waals surface area contributed by atoms with Crippen LogP contribution in [-0.4, -0.2) is 54.5 Å². The minimum atomic E-state index is 0. The summed E-state index contributed by atoms with van der Waals surface area (Å²) >= 11 is 13.7. The molecule has 8 nitrogen and oxygen atoms in total. The Morgan fingerprint density at radius 1 is 0.426 bits per heavy atom. The topological polar surface area (TPSA) is 79.3 Å². The Bertz CT molecular complexity index is 3660. The van der Waals surface area contributed by atoms with Crippen LogP contribution in [0.25, 0.3) is 0 Å². The third-order valence-electron chi connectivity index (χ3n) is 23.2. The summed E-state index contributed by atoms with van der Waals surface area (Å²) in [6, 6.07) is 57.2. The molecule has 21 rings (SSSR count). The van der Waals surface area contributed by atoms with E-state index in [1.54, 1.807) is 24.9 Å². The van der Waals surface area contributed by atoms with Gasteiger partial charge in [-0.05, 0) is 302 Å². The van der Waals surface area contributed by atoms with Crippen LogP contribution in [0.2, 0.25) is 5.28 Å². The van der Waals surface area contributed by atoms with Gasteiger partial charge in [0.25, 0.3) is 0 Å². The van der Waals surface area contributed by atoms with Crippen LogP contribution in [0.15, 0.2) is 183 Å². The molecule has 1 N–H and O–H groups in total. The Labute approximate surface area is 664 Å². The van der Waals surface area contributed by atoms with E-state index in [1.165, 1.54) is 178 Å². The van der Waals surface area contributed by atoms with Gasteiger partial charge in [0.15, 0.2) is 0 Å². The molecule has 13 fully saturated rings. The van der Waals surface area contributed by atoms with Gasteiger partial charge in [-0.25, -0.2) is 19.9 Å². The molecular formula is C88H108ClI3LiN7O. The van der Waals surface area contributed by atoms with Crippen LogP contribution in [0, 0.1) is 84.0 Å². The van der Waals surface area contributed by atoms with E-state index in [4.69, 9.17) is 26.3 Å². The minimum Gasteiger partial charge on any atom is -0.381 e. The van der Waals surface area contributed by atoms with Gasteiger partial charge >= 0.3 is 18.9 Å². The largest absolute Gasteiger partial charge is 1.00 e. The number of aromatic nitrogens is 4. The van der Waals surface area contributed by atoms with Gasteiger partial charge in [-0.3, -0.25) is 0 Å². The van der Waals surface area contributed by atoms with Crippen molar-refractivity contribution in [1.82, 2.24) is 19.9 Å². The first-order valence-corrected chi connectivity index (χ1v) is 41.1. The third-order valence-corrected chi connectivity index (χ3v) is 27.2. The summed E-state index contributed by atoms with van der Waals surface area (Å²) in [5, 5.41) is 3.65. The van der Waals surface area contributed by atoms with E-state index < -0.39 is 0 Å². The quantitative estimate of drug-likeness (QED) is 0.0477. The number of nitrogens with zero attached hydrogens (tertiary/aromatic N) is 6. The number of halogens is 4. The van der Waals surface area contributed by atoms with Crippen molar-refractivity contribution in [2.75, 3.05) is 28.3 Å². The van der Waals surface area contributed by atoms with Gasteiger partial charge in [0.05, 0.1) is 0 Å². The number of aryl methyl sites for hydroxylation is 6. The summed E-state index contributed by atoms with van der Waals surface area (Å²) in [6.07, 6.45) is 37.2. The second-order valence-corrected chi connectivity index (χ2v) is 39.4. The maximum absolute atomic E-state index is 5.32. The molecule has 3 heterocycles. The molecule has 0 spiro atoms. The Hall–Kier alpha value is -4.08. The molecule has 13 aliphatic rings. The molecule has 4 atom stereocenters. The van der Waals surface area contributed by atoms with E-state index in [2.05, 4.69) is 294 Å². The molecule has 1 saturated heterocycles. The van der Waals surface area contributed by atoms with Crippen LogP contribution < -0.4 is 34.0 Å². The van der Waals surface area contributed by atoms with Crippen molar-refractivity contribution < 1.29 is 23.6 Å². The molecule has 12 saturated carbocycles. The number of anilines is 6. The van der Waals surface area contributed by atoms with Crippen LogP contribution in [0.4, 0.5) is 34.1 Å². The molecule has 101 heavy (non-hydrogen) atoms. The van der Waals surface area contributed by atoms with Crippen molar-refractivity contribution in [3.05, 3.63) is 234 Å². The zero-order valence-electron chi connectivity index (χ0n) is 61.6. The second kappa shape index (κ2) is 34.7. The zero-order valence-corrected chi connectivity index (χ0v) is 68.8. The van der Waals surface area contributed by atoms with Gasteiger partial charge in [-0.2, -0.15) is 6.42 Å². The van der Waals surface area contributed by atoms with E-state index in [0.29, 0.717) is 14.2 Å². The Balaban J connectivity index is 0.000000131. The number of hydrogen-bond donors (Lipinski definition) is 1. The molecule has 12 bridgehead atoms. The Morgan fingerprint density at radius 3 is 0.990 bits per heavy atom. The van der Waals surface area contributed by atoms with Crippen molar-refractivity contribution in [2.24, 2.45) is 35.5 Å².